The van der Waals surface area contributed by atoms with Crippen LogP contribution in [-0.4, -0.2) is 51.6 Å². The normalized spacial score (nSPS) is 11.1. The minimum atomic E-state index is -0.604. The molecule has 10 nitrogen and oxygen atoms in total. The van der Waals surface area contributed by atoms with Gasteiger partial charge in [0.2, 0.25) is 5.91 Å². The molecular weight excluding hydrogens is 402 g/mol. The van der Waals surface area contributed by atoms with E-state index in [2.05, 4.69) is 25.0 Å². The zero-order valence-electron chi connectivity index (χ0n) is 16.5. The van der Waals surface area contributed by atoms with Crippen LogP contribution in [0.1, 0.15) is 30.1 Å². The summed E-state index contributed by atoms with van der Waals surface area (Å²) in [4.78, 5) is 35.4. The van der Waals surface area contributed by atoms with E-state index in [1.165, 1.54) is 42.1 Å². The minimum absolute atomic E-state index is 0.0701. The van der Waals surface area contributed by atoms with Crippen molar-refractivity contribution in [1.82, 2.24) is 19.6 Å². The number of aromatic nitrogens is 4. The summed E-state index contributed by atoms with van der Waals surface area (Å²) in [6, 6.07) is -0.604. The molecule has 1 N–H and O–H groups in total. The number of nitrogens with one attached hydrogen (secondary N) is 1. The lowest BCUT2D eigenvalue weighted by atomic mass is 10.1. The third kappa shape index (κ3) is 5.92. The molecule has 0 bridgehead atoms. The van der Waals surface area contributed by atoms with E-state index in [4.69, 9.17) is 11.6 Å². The number of ether oxygens (including phenoxy) is 2. The lowest BCUT2D eigenvalue weighted by molar-refractivity contribution is -0.144. The highest BCUT2D eigenvalue weighted by Gasteiger charge is 2.21. The number of aryl methyl sites for hydroxylation is 2. The van der Waals surface area contributed by atoms with Gasteiger partial charge >= 0.3 is 11.9 Å². The van der Waals surface area contributed by atoms with Gasteiger partial charge in [-0.3, -0.25) is 23.7 Å². The highest BCUT2D eigenvalue weighted by atomic mass is 35.5. The maximum atomic E-state index is 12.2. The van der Waals surface area contributed by atoms with Gasteiger partial charge in [0.1, 0.15) is 5.15 Å². The first kappa shape index (κ1) is 22.2. The Morgan fingerprint density at radius 1 is 1.24 bits per heavy atom. The number of carbonyl (C=O) groups excluding carboxylic acids is 3. The first-order valence-electron chi connectivity index (χ1n) is 8.61. The fourth-order valence-corrected chi connectivity index (χ4v) is 2.83. The number of methoxy groups -OCH3 is 2. The number of carbonyl (C=O) groups is 3. The Morgan fingerprint density at radius 2 is 1.86 bits per heavy atom. The largest absolute Gasteiger partial charge is 0.469 e. The van der Waals surface area contributed by atoms with Crippen molar-refractivity contribution in [3.8, 4) is 0 Å². The predicted molar refractivity (Wildman–Crippen MR) is 105 cm³/mol. The van der Waals surface area contributed by atoms with E-state index >= 15 is 0 Å². The number of hydrogen-bond acceptors (Lipinski definition) is 7. The Labute approximate surface area is 172 Å². The molecular formula is C18H22ClN5O5. The monoisotopic (exact) mass is 423 g/mol. The van der Waals surface area contributed by atoms with Gasteiger partial charge in [-0.05, 0) is 13.0 Å². The van der Waals surface area contributed by atoms with Crippen molar-refractivity contribution in [2.24, 2.45) is 7.05 Å². The van der Waals surface area contributed by atoms with Crippen molar-refractivity contribution < 1.29 is 23.9 Å². The highest BCUT2D eigenvalue weighted by Crippen LogP contribution is 2.21. The molecule has 29 heavy (non-hydrogen) atoms. The van der Waals surface area contributed by atoms with Crippen LogP contribution in [0.2, 0.25) is 5.15 Å². The van der Waals surface area contributed by atoms with E-state index in [1.54, 1.807) is 20.0 Å². The van der Waals surface area contributed by atoms with E-state index < -0.39 is 23.9 Å². The molecule has 11 heteroatoms. The Hall–Kier alpha value is -3.14. The number of anilines is 1. The topological polar surface area (TPSA) is 117 Å². The molecule has 2 rings (SSSR count). The lowest BCUT2D eigenvalue weighted by Crippen LogP contribution is -2.19. The lowest BCUT2D eigenvalue weighted by Gasteiger charge is -2.15. The number of nitrogens with zero attached hydrogens (tertiary/aromatic N) is 4. The molecule has 0 aliphatic rings. The number of rotatable bonds is 8. The van der Waals surface area contributed by atoms with Crippen molar-refractivity contribution in [2.75, 3.05) is 19.5 Å². The van der Waals surface area contributed by atoms with Gasteiger partial charge in [0.05, 0.1) is 50.7 Å². The second kappa shape index (κ2) is 9.87. The third-order valence-corrected chi connectivity index (χ3v) is 4.55. The van der Waals surface area contributed by atoms with Crippen LogP contribution in [0.3, 0.4) is 0 Å². The quantitative estimate of drug-likeness (QED) is 0.508. The van der Waals surface area contributed by atoms with Crippen LogP contribution in [0.15, 0.2) is 18.5 Å². The summed E-state index contributed by atoms with van der Waals surface area (Å²) in [6.45, 7) is 1.79. The second-order valence-electron chi connectivity index (χ2n) is 6.16. The molecule has 0 aromatic carbocycles. The summed E-state index contributed by atoms with van der Waals surface area (Å²) in [5.74, 6) is -1.39. The minimum Gasteiger partial charge on any atom is -0.469 e. The molecule has 0 atom stereocenters. The van der Waals surface area contributed by atoms with Gasteiger partial charge < -0.3 is 14.8 Å². The van der Waals surface area contributed by atoms with Crippen LogP contribution < -0.4 is 5.32 Å². The van der Waals surface area contributed by atoms with Gasteiger partial charge in [0.15, 0.2) is 0 Å². The molecule has 156 valence electrons. The second-order valence-corrected chi connectivity index (χ2v) is 6.52. The van der Waals surface area contributed by atoms with Crippen molar-refractivity contribution in [3.63, 3.8) is 0 Å². The van der Waals surface area contributed by atoms with E-state index in [-0.39, 0.29) is 12.8 Å². The average Bonchev–Trinajstić information content (AvgIpc) is 3.24. The molecule has 1 amide bonds. The van der Waals surface area contributed by atoms with Crippen LogP contribution in [0, 0.1) is 6.92 Å². The third-order valence-electron chi connectivity index (χ3n) is 4.10. The summed E-state index contributed by atoms with van der Waals surface area (Å²) in [6.07, 6.45) is 5.69. The number of hydrogen-bond donors (Lipinski definition) is 1. The smallest absolute Gasteiger partial charge is 0.307 e. The Bertz CT molecular complexity index is 915. The summed E-state index contributed by atoms with van der Waals surface area (Å²) in [7, 11) is 4.23. The van der Waals surface area contributed by atoms with Crippen LogP contribution in [0.4, 0.5) is 5.69 Å². The van der Waals surface area contributed by atoms with Gasteiger partial charge in [-0.2, -0.15) is 10.2 Å². The highest BCUT2D eigenvalue weighted by molar-refractivity contribution is 6.31. The molecule has 0 aliphatic carbocycles. The molecule has 0 saturated heterocycles. The maximum Gasteiger partial charge on any atom is 0.307 e. The predicted octanol–water partition coefficient (Wildman–Crippen LogP) is 1.90. The molecule has 0 aliphatic heterocycles. The average molecular weight is 424 g/mol. The van der Waals surface area contributed by atoms with Crippen molar-refractivity contribution in [3.05, 3.63) is 34.9 Å². The van der Waals surface area contributed by atoms with Gasteiger partial charge in [-0.1, -0.05) is 11.6 Å². The van der Waals surface area contributed by atoms with Crippen LogP contribution in [0.5, 0.6) is 0 Å². The van der Waals surface area contributed by atoms with E-state index in [9.17, 15) is 14.4 Å². The van der Waals surface area contributed by atoms with Crippen LogP contribution in [-0.2, 0) is 30.9 Å². The first-order valence-corrected chi connectivity index (χ1v) is 8.98. The molecule has 0 saturated carbocycles. The Kier molecular flexibility index (Phi) is 7.54. The fraction of sp³-hybridized carbons (Fsp3) is 0.389. The molecule has 2 aromatic rings. The van der Waals surface area contributed by atoms with Gasteiger partial charge in [0, 0.05) is 24.9 Å². The standard InChI is InChI=1S/C18H22ClN5O5/c1-11-14(18(19)23(2)22-11)5-6-15(25)21-12-9-20-24(10-12)13(7-16(26)28-3)8-17(27)29-4/h5-6,9-10,13H,7-8H2,1-4H3,(H,21,25). The molecule has 2 heterocycles. The molecule has 0 spiro atoms. The summed E-state index contributed by atoms with van der Waals surface area (Å²) in [5.41, 5.74) is 1.74. The maximum absolute atomic E-state index is 12.2. The summed E-state index contributed by atoms with van der Waals surface area (Å²) >= 11 is 6.13. The molecule has 0 radical (unpaired) electrons. The molecule has 2 aromatic heterocycles. The Morgan fingerprint density at radius 3 is 2.38 bits per heavy atom. The van der Waals surface area contributed by atoms with Crippen molar-refractivity contribution in [2.45, 2.75) is 25.8 Å². The summed E-state index contributed by atoms with van der Waals surface area (Å²) < 4.78 is 12.2. The number of halogens is 1. The van der Waals surface area contributed by atoms with Gasteiger partial charge in [0.25, 0.3) is 0 Å². The van der Waals surface area contributed by atoms with E-state index in [1.807, 2.05) is 0 Å². The van der Waals surface area contributed by atoms with Crippen molar-refractivity contribution >= 4 is 41.2 Å². The Balaban J connectivity index is 2.08. The van der Waals surface area contributed by atoms with Crippen molar-refractivity contribution in [1.29, 1.82) is 0 Å². The SMILES string of the molecule is COC(=O)CC(CC(=O)OC)n1cc(NC(=O)C=Cc2c(C)nn(C)c2Cl)cn1. The van der Waals surface area contributed by atoms with Crippen LogP contribution >= 0.6 is 11.6 Å². The zero-order valence-corrected chi connectivity index (χ0v) is 17.3. The van der Waals surface area contributed by atoms with Gasteiger partial charge in [-0.25, -0.2) is 0 Å². The number of esters is 2. The summed E-state index contributed by atoms with van der Waals surface area (Å²) in [5, 5.41) is 11.4. The number of amides is 1. The van der Waals surface area contributed by atoms with Crippen LogP contribution in [0.25, 0.3) is 6.08 Å². The molecule has 0 unspecified atom stereocenters. The van der Waals surface area contributed by atoms with E-state index in [0.717, 1.165) is 0 Å². The zero-order chi connectivity index (χ0) is 21.6. The van der Waals surface area contributed by atoms with Gasteiger partial charge in [-0.15, -0.1) is 0 Å². The first-order chi connectivity index (χ1) is 13.7. The van der Waals surface area contributed by atoms with E-state index in [0.29, 0.717) is 22.1 Å². The molecule has 0 fully saturated rings. The fourth-order valence-electron chi connectivity index (χ4n) is 2.59.